The third-order valence-corrected chi connectivity index (χ3v) is 12.8. The van der Waals surface area contributed by atoms with Crippen LogP contribution in [0.5, 0.6) is 0 Å². The number of hydrogen-bond donors (Lipinski definition) is 1. The van der Waals surface area contributed by atoms with Gasteiger partial charge in [-0.3, -0.25) is 14.4 Å². The number of Topliss-reactive ketones (excluding diaryl/α,β-unsaturated/α-hetero) is 2. The Hall–Kier alpha value is -2.44. The Morgan fingerprint density at radius 2 is 1.64 bits per heavy atom. The number of piperidine rings is 1. The van der Waals surface area contributed by atoms with Gasteiger partial charge in [-0.2, -0.15) is 0 Å². The number of allylic oxidation sites excluding steroid dienone is 3. The van der Waals surface area contributed by atoms with Gasteiger partial charge < -0.3 is 33.7 Å². The molecular weight excluding hydrogens is 714 g/mol. The summed E-state index contributed by atoms with van der Waals surface area (Å²) in [5.74, 6) is -5.69. The van der Waals surface area contributed by atoms with Gasteiger partial charge in [0.2, 0.25) is 5.79 Å². The molecular formula is C45H73NO10. The molecule has 1 N–H and O–H groups in total. The number of fused-ring (bicyclic) bond motifs is 3. The van der Waals surface area contributed by atoms with Crippen LogP contribution in [-0.4, -0.2) is 103 Å². The topological polar surface area (TPSA) is 138 Å². The van der Waals surface area contributed by atoms with E-state index in [1.165, 1.54) is 4.90 Å². The number of ketones is 2. The molecule has 0 spiro atoms. The summed E-state index contributed by atoms with van der Waals surface area (Å²) in [6, 6.07) is -1.00. The number of carbonyl (C=O) groups is 4. The van der Waals surface area contributed by atoms with E-state index >= 15 is 0 Å². The first-order valence-corrected chi connectivity index (χ1v) is 21.6. The van der Waals surface area contributed by atoms with Gasteiger partial charge in [0.1, 0.15) is 24.0 Å². The van der Waals surface area contributed by atoms with Crippen LogP contribution < -0.4 is 0 Å². The van der Waals surface area contributed by atoms with Gasteiger partial charge in [0, 0.05) is 39.0 Å². The number of ether oxygens (including phenoxy) is 5. The second-order valence-corrected chi connectivity index (χ2v) is 17.8. The molecule has 0 aromatic heterocycles. The Morgan fingerprint density at radius 3 is 2.27 bits per heavy atom. The first-order valence-electron chi connectivity index (χ1n) is 21.6. The average molecular weight is 788 g/mol. The van der Waals surface area contributed by atoms with Gasteiger partial charge in [0.25, 0.3) is 11.7 Å². The second-order valence-electron chi connectivity index (χ2n) is 17.8. The summed E-state index contributed by atoms with van der Waals surface area (Å²) in [5.41, 5.74) is 2.03. The number of carbonyl (C=O) groups excluding carboxylic acids is 4. The zero-order chi connectivity index (χ0) is 41.3. The number of hydrogen-bond acceptors (Lipinski definition) is 10. The second kappa shape index (κ2) is 21.0. The zero-order valence-corrected chi connectivity index (χ0v) is 36.1. The number of cyclic esters (lactones) is 1. The molecule has 3 heterocycles. The summed E-state index contributed by atoms with van der Waals surface area (Å²) < 4.78 is 30.5. The Morgan fingerprint density at radius 1 is 0.982 bits per heavy atom. The van der Waals surface area contributed by atoms with Gasteiger partial charge in [-0.05, 0) is 128 Å². The largest absolute Gasteiger partial charge is 0.456 e. The van der Waals surface area contributed by atoms with Gasteiger partial charge in [0.15, 0.2) is 0 Å². The van der Waals surface area contributed by atoms with Crippen molar-refractivity contribution in [1.29, 1.82) is 0 Å². The van der Waals surface area contributed by atoms with E-state index in [0.29, 0.717) is 57.3 Å². The Labute approximate surface area is 336 Å². The van der Waals surface area contributed by atoms with Crippen molar-refractivity contribution in [3.63, 3.8) is 0 Å². The van der Waals surface area contributed by atoms with E-state index in [9.17, 15) is 24.3 Å². The lowest BCUT2D eigenvalue weighted by Crippen LogP contribution is -2.64. The van der Waals surface area contributed by atoms with Gasteiger partial charge in [-0.15, -0.1) is 0 Å². The molecule has 0 aromatic carbocycles. The molecule has 0 aromatic rings. The standard InChI is InChI=1S/C45H73NO10/c1-11-34-23-28(4)22-29(5)24-38(52-9)41-39(53-10)26-32(8)45(51,56-41)42(48)43(49)46-21-13-12-14-36(46)44(50)55-40(30(6)15-20-37(34)47)31(7)25-33-16-18-35(19-17-33)54-27(2)3/h23,25,27,29-30,32-36,38-41,51H,11-22,24,26H2,1-10H3. The quantitative estimate of drug-likeness (QED) is 0.159. The van der Waals surface area contributed by atoms with Crippen molar-refractivity contribution >= 4 is 23.4 Å². The highest BCUT2D eigenvalue weighted by Gasteiger charge is 2.56. The minimum atomic E-state index is -2.44. The lowest BCUT2D eigenvalue weighted by molar-refractivity contribution is -0.302. The van der Waals surface area contributed by atoms with Crippen LogP contribution in [0.25, 0.3) is 0 Å². The van der Waals surface area contributed by atoms with E-state index in [2.05, 4.69) is 32.9 Å². The fourth-order valence-corrected chi connectivity index (χ4v) is 9.62. The van der Waals surface area contributed by atoms with Crippen LogP contribution in [0.15, 0.2) is 23.3 Å². The SMILES string of the molecule is CCC1C=C(C)CC(C)CC(OC)C2OC(O)(C(=O)C(=O)N3CCCCC3C(=O)OC(C(C)=CC3CCC(OC(C)C)CC3)C(C)CCC1=O)C(C)CC2OC. The summed E-state index contributed by atoms with van der Waals surface area (Å²) >= 11 is 0. The third-order valence-electron chi connectivity index (χ3n) is 12.8. The van der Waals surface area contributed by atoms with Crippen molar-refractivity contribution in [1.82, 2.24) is 4.90 Å². The average Bonchev–Trinajstić information content (AvgIpc) is 3.17. The molecule has 2 bridgehead atoms. The molecule has 4 aliphatic rings. The van der Waals surface area contributed by atoms with Crippen molar-refractivity contribution in [2.45, 2.75) is 187 Å². The summed E-state index contributed by atoms with van der Waals surface area (Å²) in [7, 11) is 3.13. The van der Waals surface area contributed by atoms with Gasteiger partial charge in [0.05, 0.1) is 24.4 Å². The Bertz CT molecular complexity index is 1400. The van der Waals surface area contributed by atoms with Gasteiger partial charge >= 0.3 is 5.97 Å². The van der Waals surface area contributed by atoms with Crippen molar-refractivity contribution in [2.75, 3.05) is 20.8 Å². The molecule has 3 aliphatic heterocycles. The molecule has 10 unspecified atom stereocenters. The molecule has 11 heteroatoms. The maximum atomic E-state index is 14.3. The highest BCUT2D eigenvalue weighted by atomic mass is 16.7. The molecule has 1 saturated carbocycles. The van der Waals surface area contributed by atoms with E-state index < -0.39 is 59.8 Å². The molecule has 318 valence electrons. The Balaban J connectivity index is 1.70. The van der Waals surface area contributed by atoms with E-state index in [1.807, 2.05) is 27.7 Å². The Kier molecular flexibility index (Phi) is 17.3. The molecule has 1 aliphatic carbocycles. The molecule has 4 rings (SSSR count). The number of aliphatic hydroxyl groups is 1. The van der Waals surface area contributed by atoms with Crippen LogP contribution in [0.1, 0.15) is 139 Å². The maximum Gasteiger partial charge on any atom is 0.329 e. The summed E-state index contributed by atoms with van der Waals surface area (Å²) in [5, 5.41) is 12.0. The zero-order valence-electron chi connectivity index (χ0n) is 36.1. The van der Waals surface area contributed by atoms with E-state index in [0.717, 1.165) is 36.8 Å². The monoisotopic (exact) mass is 788 g/mol. The summed E-state index contributed by atoms with van der Waals surface area (Å²) in [4.78, 5) is 57.8. The maximum absolute atomic E-state index is 14.3. The molecule has 1 amide bonds. The van der Waals surface area contributed by atoms with Crippen LogP contribution in [0, 0.1) is 29.6 Å². The fraction of sp³-hybridized carbons (Fsp3) is 0.822. The van der Waals surface area contributed by atoms with Crippen LogP contribution in [0.3, 0.4) is 0 Å². The number of methoxy groups -OCH3 is 2. The lowest BCUT2D eigenvalue weighted by atomic mass is 9.82. The van der Waals surface area contributed by atoms with Gasteiger partial charge in [-0.25, -0.2) is 4.79 Å². The summed E-state index contributed by atoms with van der Waals surface area (Å²) in [6.45, 7) is 16.2. The molecule has 2 saturated heterocycles. The van der Waals surface area contributed by atoms with Crippen molar-refractivity contribution in [3.8, 4) is 0 Å². The van der Waals surface area contributed by atoms with Gasteiger partial charge in [-0.1, -0.05) is 45.4 Å². The predicted octanol–water partition coefficient (Wildman–Crippen LogP) is 7.31. The lowest BCUT2D eigenvalue weighted by Gasteiger charge is -2.47. The molecule has 10 atom stereocenters. The van der Waals surface area contributed by atoms with E-state index in [4.69, 9.17) is 23.7 Å². The highest BCUT2D eigenvalue weighted by molar-refractivity contribution is 6.39. The van der Waals surface area contributed by atoms with Crippen molar-refractivity contribution in [3.05, 3.63) is 23.3 Å². The predicted molar refractivity (Wildman–Crippen MR) is 215 cm³/mol. The van der Waals surface area contributed by atoms with E-state index in [1.54, 1.807) is 21.1 Å². The minimum absolute atomic E-state index is 0.106. The molecule has 56 heavy (non-hydrogen) atoms. The van der Waals surface area contributed by atoms with E-state index in [-0.39, 0.29) is 48.7 Å². The van der Waals surface area contributed by atoms with Crippen molar-refractivity contribution in [2.24, 2.45) is 29.6 Å². The number of amides is 1. The van der Waals surface area contributed by atoms with Crippen molar-refractivity contribution < 1.29 is 48.0 Å². The van der Waals surface area contributed by atoms with Crippen LogP contribution in [0.2, 0.25) is 0 Å². The number of nitrogens with zero attached hydrogens (tertiary/aromatic N) is 1. The normalized spacial score (nSPS) is 38.1. The number of esters is 1. The molecule has 3 fully saturated rings. The van der Waals surface area contributed by atoms with Crippen LogP contribution in [0.4, 0.5) is 0 Å². The van der Waals surface area contributed by atoms with Crippen LogP contribution >= 0.6 is 0 Å². The molecule has 11 nitrogen and oxygen atoms in total. The highest BCUT2D eigenvalue weighted by Crippen LogP contribution is 2.39. The van der Waals surface area contributed by atoms with Crippen LogP contribution in [-0.2, 0) is 42.9 Å². The number of rotatable bonds is 7. The molecule has 0 radical (unpaired) electrons. The first-order chi connectivity index (χ1) is 26.5. The summed E-state index contributed by atoms with van der Waals surface area (Å²) in [6.07, 6.45) is 10.8. The third kappa shape index (κ3) is 11.6. The minimum Gasteiger partial charge on any atom is -0.456 e. The smallest absolute Gasteiger partial charge is 0.329 e. The first kappa shape index (κ1) is 46.3. The fourth-order valence-electron chi connectivity index (χ4n) is 9.62.